The first-order chi connectivity index (χ1) is 12.0. The molecule has 0 aliphatic heterocycles. The van der Waals surface area contributed by atoms with E-state index < -0.39 is 0 Å². The molecule has 0 spiro atoms. The van der Waals surface area contributed by atoms with E-state index in [0.717, 1.165) is 23.4 Å². The van der Waals surface area contributed by atoms with Gasteiger partial charge in [-0.1, -0.05) is 30.7 Å². The highest BCUT2D eigenvalue weighted by atomic mass is 32.1. The maximum Gasteiger partial charge on any atom is 0.171 e. The first-order valence-corrected chi connectivity index (χ1v) is 8.76. The Morgan fingerprint density at radius 2 is 1.76 bits per heavy atom. The molecule has 2 rings (SSSR count). The number of anilines is 1. The molecule has 0 aliphatic carbocycles. The Bertz CT molecular complexity index is 746. The Balaban J connectivity index is 2.12. The van der Waals surface area contributed by atoms with E-state index in [4.69, 9.17) is 21.7 Å². The SMILES string of the molecule is CC[C@H](NC(=S)Nc1ccc(C)cc1C)c1ccc(OC)c(OC)c1. The highest BCUT2D eigenvalue weighted by Crippen LogP contribution is 2.31. The molecule has 0 heterocycles. The van der Waals surface area contributed by atoms with Gasteiger partial charge in [-0.2, -0.15) is 0 Å². The Morgan fingerprint density at radius 3 is 2.36 bits per heavy atom. The summed E-state index contributed by atoms with van der Waals surface area (Å²) in [5.41, 5.74) is 4.53. The largest absolute Gasteiger partial charge is 0.493 e. The van der Waals surface area contributed by atoms with E-state index in [1.54, 1.807) is 14.2 Å². The Hall–Kier alpha value is -2.27. The Morgan fingerprint density at radius 1 is 1.04 bits per heavy atom. The van der Waals surface area contributed by atoms with E-state index in [1.807, 2.05) is 18.2 Å². The molecule has 0 bridgehead atoms. The van der Waals surface area contributed by atoms with Crippen molar-refractivity contribution >= 4 is 23.0 Å². The van der Waals surface area contributed by atoms with E-state index in [2.05, 4.69) is 49.6 Å². The topological polar surface area (TPSA) is 42.5 Å². The van der Waals surface area contributed by atoms with Crippen LogP contribution >= 0.6 is 12.2 Å². The molecule has 2 N–H and O–H groups in total. The zero-order valence-electron chi connectivity index (χ0n) is 15.5. The van der Waals surface area contributed by atoms with Crippen molar-refractivity contribution in [3.63, 3.8) is 0 Å². The number of rotatable bonds is 6. The van der Waals surface area contributed by atoms with Crippen molar-refractivity contribution in [2.45, 2.75) is 33.2 Å². The molecular weight excluding hydrogens is 332 g/mol. The van der Waals surface area contributed by atoms with Crippen LogP contribution in [-0.2, 0) is 0 Å². The van der Waals surface area contributed by atoms with Crippen LogP contribution in [-0.4, -0.2) is 19.3 Å². The summed E-state index contributed by atoms with van der Waals surface area (Å²) >= 11 is 5.50. The van der Waals surface area contributed by atoms with E-state index in [0.29, 0.717) is 10.9 Å². The van der Waals surface area contributed by atoms with Gasteiger partial charge in [0.15, 0.2) is 16.6 Å². The van der Waals surface area contributed by atoms with Gasteiger partial charge >= 0.3 is 0 Å². The fourth-order valence-corrected chi connectivity index (χ4v) is 3.01. The van der Waals surface area contributed by atoms with Crippen LogP contribution in [0.25, 0.3) is 0 Å². The van der Waals surface area contributed by atoms with Crippen molar-refractivity contribution in [2.75, 3.05) is 19.5 Å². The molecule has 134 valence electrons. The van der Waals surface area contributed by atoms with Gasteiger partial charge in [-0.05, 0) is 61.8 Å². The number of benzene rings is 2. The van der Waals surface area contributed by atoms with Gasteiger partial charge in [0, 0.05) is 5.69 Å². The minimum atomic E-state index is 0.0885. The van der Waals surface area contributed by atoms with Crippen LogP contribution in [0, 0.1) is 13.8 Å². The molecule has 0 amide bonds. The van der Waals surface area contributed by atoms with E-state index in [9.17, 15) is 0 Å². The summed E-state index contributed by atoms with van der Waals surface area (Å²) in [5, 5.41) is 7.28. The smallest absolute Gasteiger partial charge is 0.171 e. The average Bonchev–Trinajstić information content (AvgIpc) is 2.61. The fraction of sp³-hybridized carbons (Fsp3) is 0.350. The zero-order valence-corrected chi connectivity index (χ0v) is 16.3. The van der Waals surface area contributed by atoms with Crippen LogP contribution in [0.15, 0.2) is 36.4 Å². The average molecular weight is 359 g/mol. The lowest BCUT2D eigenvalue weighted by atomic mass is 10.0. The van der Waals surface area contributed by atoms with Gasteiger partial charge in [-0.15, -0.1) is 0 Å². The van der Waals surface area contributed by atoms with Crippen molar-refractivity contribution in [3.8, 4) is 11.5 Å². The molecule has 25 heavy (non-hydrogen) atoms. The van der Waals surface area contributed by atoms with E-state index in [-0.39, 0.29) is 6.04 Å². The van der Waals surface area contributed by atoms with E-state index in [1.165, 1.54) is 11.1 Å². The van der Waals surface area contributed by atoms with Gasteiger partial charge < -0.3 is 20.1 Å². The van der Waals surface area contributed by atoms with Gasteiger partial charge in [0.25, 0.3) is 0 Å². The predicted octanol–water partition coefficient (Wildman–Crippen LogP) is 4.76. The van der Waals surface area contributed by atoms with Gasteiger partial charge in [0.2, 0.25) is 0 Å². The third-order valence-corrected chi connectivity index (χ3v) is 4.37. The highest BCUT2D eigenvalue weighted by Gasteiger charge is 2.14. The third-order valence-electron chi connectivity index (χ3n) is 4.15. The summed E-state index contributed by atoms with van der Waals surface area (Å²) in [5.74, 6) is 1.44. The minimum absolute atomic E-state index is 0.0885. The van der Waals surface area contributed by atoms with Crippen LogP contribution < -0.4 is 20.1 Å². The molecule has 2 aromatic carbocycles. The second-order valence-electron chi connectivity index (χ2n) is 5.99. The molecule has 0 aromatic heterocycles. The quantitative estimate of drug-likeness (QED) is 0.729. The van der Waals surface area contributed by atoms with Gasteiger partial charge in [0.1, 0.15) is 0 Å². The summed E-state index contributed by atoms with van der Waals surface area (Å²) in [4.78, 5) is 0. The molecule has 0 saturated carbocycles. The van der Waals surface area contributed by atoms with Crippen molar-refractivity contribution < 1.29 is 9.47 Å². The lowest BCUT2D eigenvalue weighted by molar-refractivity contribution is 0.354. The second kappa shape index (κ2) is 8.72. The molecule has 0 radical (unpaired) electrons. The lowest BCUT2D eigenvalue weighted by Gasteiger charge is -2.21. The van der Waals surface area contributed by atoms with Crippen LogP contribution in [0.1, 0.15) is 36.1 Å². The summed E-state index contributed by atoms with van der Waals surface area (Å²) in [6.45, 7) is 6.27. The predicted molar refractivity (Wildman–Crippen MR) is 108 cm³/mol. The van der Waals surface area contributed by atoms with Crippen LogP contribution in [0.4, 0.5) is 5.69 Å². The molecular formula is C20H26N2O2S. The Kier molecular flexibility index (Phi) is 6.65. The fourth-order valence-electron chi connectivity index (χ4n) is 2.76. The van der Waals surface area contributed by atoms with Crippen molar-refractivity contribution in [1.29, 1.82) is 0 Å². The van der Waals surface area contributed by atoms with Crippen LogP contribution in [0.3, 0.4) is 0 Å². The number of hydrogen-bond acceptors (Lipinski definition) is 3. The normalized spacial score (nSPS) is 11.6. The summed E-state index contributed by atoms with van der Waals surface area (Å²) in [6, 6.07) is 12.3. The number of aryl methyl sites for hydroxylation is 2. The minimum Gasteiger partial charge on any atom is -0.493 e. The standard InChI is InChI=1S/C20H26N2O2S/c1-6-16(15-8-10-18(23-4)19(12-15)24-5)21-20(25)22-17-9-7-13(2)11-14(17)3/h7-12,16H,6H2,1-5H3,(H2,21,22,25)/t16-/m0/s1. The maximum absolute atomic E-state index is 5.50. The zero-order chi connectivity index (χ0) is 18.4. The number of nitrogens with one attached hydrogen (secondary N) is 2. The number of methoxy groups -OCH3 is 2. The maximum atomic E-state index is 5.50. The monoisotopic (exact) mass is 358 g/mol. The Labute approximate surface area is 155 Å². The summed E-state index contributed by atoms with van der Waals surface area (Å²) in [6.07, 6.45) is 0.893. The molecule has 1 atom stereocenters. The van der Waals surface area contributed by atoms with Gasteiger partial charge in [-0.3, -0.25) is 0 Å². The first kappa shape index (κ1) is 19.1. The number of ether oxygens (including phenoxy) is 2. The van der Waals surface area contributed by atoms with Gasteiger partial charge in [0.05, 0.1) is 20.3 Å². The van der Waals surface area contributed by atoms with E-state index >= 15 is 0 Å². The summed E-state index contributed by atoms with van der Waals surface area (Å²) < 4.78 is 10.7. The third kappa shape index (κ3) is 4.86. The number of hydrogen-bond donors (Lipinski definition) is 2. The molecule has 0 unspecified atom stereocenters. The number of thiocarbonyl (C=S) groups is 1. The first-order valence-electron chi connectivity index (χ1n) is 8.35. The lowest BCUT2D eigenvalue weighted by Crippen LogP contribution is -2.32. The molecule has 0 fully saturated rings. The molecule has 2 aromatic rings. The van der Waals surface area contributed by atoms with Crippen LogP contribution in [0.2, 0.25) is 0 Å². The van der Waals surface area contributed by atoms with Gasteiger partial charge in [-0.25, -0.2) is 0 Å². The second-order valence-corrected chi connectivity index (χ2v) is 6.40. The molecule has 4 nitrogen and oxygen atoms in total. The van der Waals surface area contributed by atoms with Crippen molar-refractivity contribution in [2.24, 2.45) is 0 Å². The molecule has 0 aliphatic rings. The van der Waals surface area contributed by atoms with Crippen molar-refractivity contribution in [1.82, 2.24) is 5.32 Å². The molecule has 5 heteroatoms. The summed E-state index contributed by atoms with van der Waals surface area (Å²) in [7, 11) is 3.28. The van der Waals surface area contributed by atoms with Crippen LogP contribution in [0.5, 0.6) is 11.5 Å². The molecule has 0 saturated heterocycles. The van der Waals surface area contributed by atoms with Crippen molar-refractivity contribution in [3.05, 3.63) is 53.1 Å². The highest BCUT2D eigenvalue weighted by molar-refractivity contribution is 7.80.